The van der Waals surface area contributed by atoms with Gasteiger partial charge in [-0.1, -0.05) is 24.8 Å². The summed E-state index contributed by atoms with van der Waals surface area (Å²) in [6.07, 6.45) is 7.66. The van der Waals surface area contributed by atoms with E-state index in [-0.39, 0.29) is 23.3 Å². The molecule has 2 aromatic rings. The van der Waals surface area contributed by atoms with Gasteiger partial charge in [0, 0.05) is 18.8 Å². The summed E-state index contributed by atoms with van der Waals surface area (Å²) in [4.78, 5) is 33.6. The van der Waals surface area contributed by atoms with Gasteiger partial charge in [0.25, 0.3) is 5.56 Å². The molecule has 0 atom stereocenters. The second-order valence-electron chi connectivity index (χ2n) is 6.79. The Kier molecular flexibility index (Phi) is 6.08. The van der Waals surface area contributed by atoms with E-state index in [2.05, 4.69) is 28.8 Å². The molecule has 1 N–H and O–H groups in total. The van der Waals surface area contributed by atoms with E-state index in [4.69, 9.17) is 0 Å². The first-order valence-corrected chi connectivity index (χ1v) is 9.95. The van der Waals surface area contributed by atoms with Crippen molar-refractivity contribution in [3.05, 3.63) is 41.3 Å². The monoisotopic (exact) mass is 372 g/mol. The van der Waals surface area contributed by atoms with Crippen molar-refractivity contribution in [1.82, 2.24) is 19.9 Å². The van der Waals surface area contributed by atoms with Crippen molar-refractivity contribution >= 4 is 28.7 Å². The van der Waals surface area contributed by atoms with Crippen LogP contribution in [0, 0.1) is 5.92 Å². The summed E-state index contributed by atoms with van der Waals surface area (Å²) in [5.74, 6) is 0.962. The third-order valence-corrected chi connectivity index (χ3v) is 5.70. The number of amides is 1. The molecule has 3 rings (SSSR count). The molecule has 0 spiro atoms. The van der Waals surface area contributed by atoms with Crippen LogP contribution in [-0.2, 0) is 11.3 Å². The Morgan fingerprint density at radius 3 is 2.92 bits per heavy atom. The normalized spacial score (nSPS) is 20.0. The van der Waals surface area contributed by atoms with Crippen LogP contribution in [0.25, 0.3) is 11.0 Å². The quantitative estimate of drug-likeness (QED) is 0.479. The van der Waals surface area contributed by atoms with Crippen molar-refractivity contribution in [2.75, 3.05) is 5.75 Å². The predicted molar refractivity (Wildman–Crippen MR) is 104 cm³/mol. The molecule has 1 aliphatic rings. The van der Waals surface area contributed by atoms with Crippen molar-refractivity contribution < 1.29 is 4.79 Å². The van der Waals surface area contributed by atoms with Gasteiger partial charge in [0.05, 0.1) is 11.1 Å². The number of thioether (sulfide) groups is 1. The summed E-state index contributed by atoms with van der Waals surface area (Å²) >= 11 is 1.27. The van der Waals surface area contributed by atoms with Crippen LogP contribution < -0.4 is 10.9 Å². The Hall–Kier alpha value is -2.15. The lowest BCUT2D eigenvalue weighted by atomic mass is 9.87. The van der Waals surface area contributed by atoms with Gasteiger partial charge in [0.15, 0.2) is 10.8 Å². The van der Waals surface area contributed by atoms with Crippen molar-refractivity contribution in [3.8, 4) is 0 Å². The summed E-state index contributed by atoms with van der Waals surface area (Å²) in [6, 6.07) is 3.69. The SMILES string of the molecule is C=CCn1c(SCC(=O)NC2CCC(C)CC2)nc2ncccc2c1=O. The van der Waals surface area contributed by atoms with Crippen LogP contribution in [0.5, 0.6) is 0 Å². The van der Waals surface area contributed by atoms with E-state index in [0.29, 0.717) is 22.7 Å². The zero-order valence-electron chi connectivity index (χ0n) is 15.0. The number of carbonyl (C=O) groups excluding carboxylic acids is 1. The van der Waals surface area contributed by atoms with Crippen molar-refractivity contribution in [3.63, 3.8) is 0 Å². The summed E-state index contributed by atoms with van der Waals surface area (Å²) in [6.45, 7) is 6.31. The van der Waals surface area contributed by atoms with Crippen molar-refractivity contribution in [2.45, 2.75) is 50.4 Å². The largest absolute Gasteiger partial charge is 0.353 e. The summed E-state index contributed by atoms with van der Waals surface area (Å²) in [5, 5.41) is 4.07. The van der Waals surface area contributed by atoms with Crippen LogP contribution in [0.3, 0.4) is 0 Å². The minimum atomic E-state index is -0.160. The van der Waals surface area contributed by atoms with Crippen LogP contribution in [0.4, 0.5) is 0 Å². The number of hydrogen-bond acceptors (Lipinski definition) is 5. The molecule has 1 amide bonds. The third-order valence-electron chi connectivity index (χ3n) is 4.72. The first-order valence-electron chi connectivity index (χ1n) is 8.97. The highest BCUT2D eigenvalue weighted by atomic mass is 32.2. The maximum absolute atomic E-state index is 12.7. The predicted octanol–water partition coefficient (Wildman–Crippen LogP) is 2.76. The zero-order valence-corrected chi connectivity index (χ0v) is 15.8. The zero-order chi connectivity index (χ0) is 18.5. The van der Waals surface area contributed by atoms with Gasteiger partial charge >= 0.3 is 0 Å². The van der Waals surface area contributed by atoms with Crippen molar-refractivity contribution in [1.29, 1.82) is 0 Å². The first kappa shape index (κ1) is 18.6. The third kappa shape index (κ3) is 4.33. The molecular formula is C19H24N4O2S. The average molecular weight is 372 g/mol. The van der Waals surface area contributed by atoms with Gasteiger partial charge in [-0.05, 0) is 43.7 Å². The number of rotatable bonds is 6. The standard InChI is InChI=1S/C19H24N4O2S/c1-3-11-23-18(25)15-5-4-10-20-17(15)22-19(23)26-12-16(24)21-14-8-6-13(2)7-9-14/h3-5,10,13-14H,1,6-9,11-12H2,2H3,(H,21,24). The molecule has 0 bridgehead atoms. The number of fused-ring (bicyclic) bond motifs is 1. The number of aromatic nitrogens is 3. The van der Waals surface area contributed by atoms with Gasteiger partial charge in [-0.15, -0.1) is 6.58 Å². The average Bonchev–Trinajstić information content (AvgIpc) is 2.64. The lowest BCUT2D eigenvalue weighted by molar-refractivity contribution is -0.119. The number of allylic oxidation sites excluding steroid dienone is 1. The highest BCUT2D eigenvalue weighted by molar-refractivity contribution is 7.99. The maximum Gasteiger partial charge on any atom is 0.263 e. The maximum atomic E-state index is 12.7. The van der Waals surface area contributed by atoms with E-state index >= 15 is 0 Å². The van der Waals surface area contributed by atoms with Crippen LogP contribution in [0.15, 0.2) is 40.9 Å². The minimum Gasteiger partial charge on any atom is -0.353 e. The molecule has 26 heavy (non-hydrogen) atoms. The van der Waals surface area contributed by atoms with Gasteiger partial charge in [-0.3, -0.25) is 14.2 Å². The van der Waals surface area contributed by atoms with Crippen molar-refractivity contribution in [2.24, 2.45) is 5.92 Å². The molecular weight excluding hydrogens is 348 g/mol. The molecule has 0 aromatic carbocycles. The van der Waals surface area contributed by atoms with Crippen LogP contribution >= 0.6 is 11.8 Å². The van der Waals surface area contributed by atoms with E-state index in [9.17, 15) is 9.59 Å². The van der Waals surface area contributed by atoms with Gasteiger partial charge in [0.1, 0.15) is 0 Å². The summed E-state index contributed by atoms with van der Waals surface area (Å²) < 4.78 is 1.54. The minimum absolute atomic E-state index is 0.0185. The molecule has 0 aliphatic heterocycles. The highest BCUT2D eigenvalue weighted by Crippen LogP contribution is 2.23. The highest BCUT2D eigenvalue weighted by Gasteiger charge is 2.20. The van der Waals surface area contributed by atoms with Crippen LogP contribution in [-0.4, -0.2) is 32.2 Å². The topological polar surface area (TPSA) is 76.9 Å². The van der Waals surface area contributed by atoms with E-state index in [1.165, 1.54) is 16.3 Å². The molecule has 7 heteroatoms. The number of carbonyl (C=O) groups is 1. The molecule has 1 saturated carbocycles. The Balaban J connectivity index is 1.71. The van der Waals surface area contributed by atoms with Gasteiger partial charge in [-0.2, -0.15) is 0 Å². The van der Waals surface area contributed by atoms with E-state index in [0.717, 1.165) is 31.6 Å². The Morgan fingerprint density at radius 2 is 2.19 bits per heavy atom. The Labute approximate surface area is 157 Å². The molecule has 0 unspecified atom stereocenters. The lowest BCUT2D eigenvalue weighted by Crippen LogP contribution is -2.38. The first-order chi connectivity index (χ1) is 12.6. The Morgan fingerprint density at radius 1 is 1.42 bits per heavy atom. The summed E-state index contributed by atoms with van der Waals surface area (Å²) in [7, 11) is 0. The molecule has 2 aromatic heterocycles. The number of hydrogen-bond donors (Lipinski definition) is 1. The van der Waals surface area contributed by atoms with E-state index in [1.807, 2.05) is 0 Å². The number of nitrogens with zero attached hydrogens (tertiary/aromatic N) is 3. The fourth-order valence-electron chi connectivity index (χ4n) is 3.24. The van der Waals surface area contributed by atoms with Gasteiger partial charge in [0.2, 0.25) is 5.91 Å². The second-order valence-corrected chi connectivity index (χ2v) is 7.73. The molecule has 1 aliphatic carbocycles. The molecule has 2 heterocycles. The molecule has 138 valence electrons. The molecule has 6 nitrogen and oxygen atoms in total. The lowest BCUT2D eigenvalue weighted by Gasteiger charge is -2.26. The fraction of sp³-hybridized carbons (Fsp3) is 0.474. The number of nitrogens with one attached hydrogen (secondary N) is 1. The number of pyridine rings is 1. The van der Waals surface area contributed by atoms with Gasteiger partial charge in [-0.25, -0.2) is 9.97 Å². The van der Waals surface area contributed by atoms with E-state index < -0.39 is 0 Å². The smallest absolute Gasteiger partial charge is 0.263 e. The Bertz CT molecular complexity index is 856. The summed E-state index contributed by atoms with van der Waals surface area (Å²) in [5.41, 5.74) is 0.245. The second kappa shape index (κ2) is 8.49. The van der Waals surface area contributed by atoms with E-state index in [1.54, 1.807) is 24.4 Å². The van der Waals surface area contributed by atoms with Crippen LogP contribution in [0.2, 0.25) is 0 Å². The molecule has 0 saturated heterocycles. The fourth-order valence-corrected chi connectivity index (χ4v) is 4.05. The van der Waals surface area contributed by atoms with Gasteiger partial charge < -0.3 is 5.32 Å². The van der Waals surface area contributed by atoms with Crippen LogP contribution in [0.1, 0.15) is 32.6 Å². The molecule has 1 fully saturated rings. The molecule has 0 radical (unpaired) electrons.